The highest BCUT2D eigenvalue weighted by molar-refractivity contribution is 7.98. The largest absolute Gasteiger partial charge is 0.497 e. The van der Waals surface area contributed by atoms with Crippen molar-refractivity contribution in [2.45, 2.75) is 57.5 Å². The van der Waals surface area contributed by atoms with Crippen LogP contribution in [0.4, 0.5) is 0 Å². The van der Waals surface area contributed by atoms with Crippen molar-refractivity contribution in [3.8, 4) is 5.75 Å². The van der Waals surface area contributed by atoms with Crippen molar-refractivity contribution in [2.24, 2.45) is 0 Å². The Morgan fingerprint density at radius 1 is 0.919 bits per heavy atom. The fourth-order valence-corrected chi connectivity index (χ4v) is 4.92. The van der Waals surface area contributed by atoms with E-state index >= 15 is 0 Å². The van der Waals surface area contributed by atoms with E-state index in [9.17, 15) is 9.59 Å². The van der Waals surface area contributed by atoms with Crippen molar-refractivity contribution in [1.82, 2.24) is 10.2 Å². The van der Waals surface area contributed by atoms with Gasteiger partial charge in [-0.15, -0.1) is 0 Å². The normalized spacial score (nSPS) is 12.4. The number of nitrogens with zero attached hydrogens (tertiary/aromatic N) is 1. The minimum Gasteiger partial charge on any atom is -0.497 e. The van der Waals surface area contributed by atoms with Gasteiger partial charge in [0.1, 0.15) is 11.8 Å². The fourth-order valence-electron chi connectivity index (χ4n) is 4.03. The third-order valence-corrected chi connectivity index (χ3v) is 7.36. The fraction of sp³-hybridized carbons (Fsp3) is 0.355. The molecule has 0 aliphatic rings. The summed E-state index contributed by atoms with van der Waals surface area (Å²) < 4.78 is 5.40. The summed E-state index contributed by atoms with van der Waals surface area (Å²) in [6, 6.07) is 27.3. The van der Waals surface area contributed by atoms with Crippen LogP contribution in [0, 0.1) is 0 Å². The quantitative estimate of drug-likeness (QED) is 0.271. The van der Waals surface area contributed by atoms with Crippen LogP contribution < -0.4 is 10.1 Å². The average molecular weight is 519 g/mol. The van der Waals surface area contributed by atoms with Gasteiger partial charge in [0.25, 0.3) is 0 Å². The summed E-state index contributed by atoms with van der Waals surface area (Å²) in [6.45, 7) is 4.37. The van der Waals surface area contributed by atoms with Crippen LogP contribution in [0.1, 0.15) is 43.4 Å². The second-order valence-electron chi connectivity index (χ2n) is 9.18. The maximum Gasteiger partial charge on any atom is 0.243 e. The van der Waals surface area contributed by atoms with E-state index in [4.69, 9.17) is 4.74 Å². The van der Waals surface area contributed by atoms with Gasteiger partial charge in [-0.2, -0.15) is 11.8 Å². The van der Waals surface area contributed by atoms with Crippen LogP contribution in [0.5, 0.6) is 5.75 Å². The lowest BCUT2D eigenvalue weighted by Crippen LogP contribution is -2.52. The van der Waals surface area contributed by atoms with E-state index in [2.05, 4.69) is 17.4 Å². The molecule has 2 amide bonds. The molecule has 0 aliphatic heterocycles. The predicted octanol–water partition coefficient (Wildman–Crippen LogP) is 5.87. The predicted molar refractivity (Wildman–Crippen MR) is 153 cm³/mol. The first kappa shape index (κ1) is 28.3. The van der Waals surface area contributed by atoms with Crippen LogP contribution in [0.15, 0.2) is 84.9 Å². The van der Waals surface area contributed by atoms with Gasteiger partial charge in [0.15, 0.2) is 0 Å². The van der Waals surface area contributed by atoms with Gasteiger partial charge in [0, 0.05) is 36.9 Å². The molecule has 0 spiro atoms. The average Bonchev–Trinajstić information content (AvgIpc) is 2.94. The number of benzene rings is 3. The minimum atomic E-state index is -0.616. The van der Waals surface area contributed by atoms with Crippen LogP contribution in [-0.4, -0.2) is 41.7 Å². The molecule has 0 bridgehead atoms. The topological polar surface area (TPSA) is 58.6 Å². The maximum atomic E-state index is 13.7. The summed E-state index contributed by atoms with van der Waals surface area (Å²) in [5, 5.41) is 3.12. The highest BCUT2D eigenvalue weighted by Gasteiger charge is 2.30. The molecular formula is C31H38N2O3S. The molecule has 6 heteroatoms. The van der Waals surface area contributed by atoms with Gasteiger partial charge < -0.3 is 15.0 Å². The molecule has 5 nitrogen and oxygen atoms in total. The molecule has 3 aromatic carbocycles. The van der Waals surface area contributed by atoms with Crippen LogP contribution in [-0.2, 0) is 28.3 Å². The molecule has 2 atom stereocenters. The Labute approximate surface area is 225 Å². The van der Waals surface area contributed by atoms with Crippen molar-refractivity contribution >= 4 is 23.6 Å². The van der Waals surface area contributed by atoms with Gasteiger partial charge in [-0.3, -0.25) is 9.59 Å². The van der Waals surface area contributed by atoms with E-state index < -0.39 is 6.04 Å². The van der Waals surface area contributed by atoms with Crippen molar-refractivity contribution in [3.05, 3.63) is 102 Å². The standard InChI is InChI=1S/C31H38N2O3S/c1-4-24(2)32-31(35)29(21-25-12-7-5-8-13-25)33(22-27-16-11-17-28(20-27)36-3)30(34)18-19-37-23-26-14-9-6-10-15-26/h5-17,20,24,29H,4,18-19,21-23H2,1-3H3,(H,32,35)/t24-,29-/m1/s1. The zero-order valence-electron chi connectivity index (χ0n) is 22.1. The van der Waals surface area contributed by atoms with Crippen LogP contribution in [0.3, 0.4) is 0 Å². The van der Waals surface area contributed by atoms with Crippen LogP contribution >= 0.6 is 11.8 Å². The van der Waals surface area contributed by atoms with Crippen molar-refractivity contribution in [1.29, 1.82) is 0 Å². The smallest absolute Gasteiger partial charge is 0.243 e. The van der Waals surface area contributed by atoms with E-state index in [1.54, 1.807) is 23.8 Å². The second kappa shape index (κ2) is 15.1. The Morgan fingerprint density at radius 2 is 1.57 bits per heavy atom. The SMILES string of the molecule is CC[C@@H](C)NC(=O)[C@@H](Cc1ccccc1)N(Cc1cccc(OC)c1)C(=O)CCSCc1ccccc1. The molecule has 3 aromatic rings. The number of hydrogen-bond donors (Lipinski definition) is 1. The number of ether oxygens (including phenoxy) is 1. The van der Waals surface area contributed by atoms with Crippen LogP contribution in [0.2, 0.25) is 0 Å². The van der Waals surface area contributed by atoms with Crippen molar-refractivity contribution < 1.29 is 14.3 Å². The molecular weight excluding hydrogens is 480 g/mol. The van der Waals surface area contributed by atoms with Crippen LogP contribution in [0.25, 0.3) is 0 Å². The molecule has 0 unspecified atom stereocenters. The molecule has 1 N–H and O–H groups in total. The number of nitrogens with one attached hydrogen (secondary N) is 1. The van der Waals surface area contributed by atoms with Gasteiger partial charge >= 0.3 is 0 Å². The number of hydrogen-bond acceptors (Lipinski definition) is 4. The van der Waals surface area contributed by atoms with Crippen molar-refractivity contribution in [3.63, 3.8) is 0 Å². The van der Waals surface area contributed by atoms with E-state index in [1.165, 1.54) is 5.56 Å². The lowest BCUT2D eigenvalue weighted by molar-refractivity contribution is -0.141. The molecule has 196 valence electrons. The molecule has 0 saturated heterocycles. The van der Waals surface area contributed by atoms with Gasteiger partial charge in [-0.05, 0) is 42.2 Å². The number of thioether (sulfide) groups is 1. The Kier molecular flexibility index (Phi) is 11.6. The first-order chi connectivity index (χ1) is 18.0. The Morgan fingerprint density at radius 3 is 2.22 bits per heavy atom. The van der Waals surface area contributed by atoms with Gasteiger partial charge in [-0.1, -0.05) is 79.7 Å². The number of carbonyl (C=O) groups excluding carboxylic acids is 2. The highest BCUT2D eigenvalue weighted by Crippen LogP contribution is 2.20. The van der Waals surface area contributed by atoms with E-state index in [0.29, 0.717) is 25.1 Å². The third kappa shape index (κ3) is 9.29. The number of carbonyl (C=O) groups is 2. The summed E-state index contributed by atoms with van der Waals surface area (Å²) in [7, 11) is 1.63. The summed E-state index contributed by atoms with van der Waals surface area (Å²) in [4.78, 5) is 29.0. The number of methoxy groups -OCH3 is 1. The zero-order valence-corrected chi connectivity index (χ0v) is 22.9. The zero-order chi connectivity index (χ0) is 26.5. The van der Waals surface area contributed by atoms with Gasteiger partial charge in [0.05, 0.1) is 7.11 Å². The van der Waals surface area contributed by atoms with Crippen molar-refractivity contribution in [2.75, 3.05) is 12.9 Å². The van der Waals surface area contributed by atoms with Gasteiger partial charge in [0.2, 0.25) is 11.8 Å². The first-order valence-corrected chi connectivity index (χ1v) is 14.0. The summed E-state index contributed by atoms with van der Waals surface area (Å²) in [5.41, 5.74) is 3.19. The number of rotatable bonds is 14. The molecule has 0 fully saturated rings. The Balaban J connectivity index is 1.82. The lowest BCUT2D eigenvalue weighted by atomic mass is 10.0. The summed E-state index contributed by atoms with van der Waals surface area (Å²) >= 11 is 1.73. The lowest BCUT2D eigenvalue weighted by Gasteiger charge is -2.32. The maximum absolute atomic E-state index is 13.7. The van der Waals surface area contributed by atoms with E-state index in [1.807, 2.05) is 86.6 Å². The molecule has 0 aliphatic carbocycles. The molecule has 37 heavy (non-hydrogen) atoms. The second-order valence-corrected chi connectivity index (χ2v) is 10.3. The highest BCUT2D eigenvalue weighted by atomic mass is 32.2. The summed E-state index contributed by atoms with van der Waals surface area (Å²) in [6.07, 6.45) is 1.64. The Bertz CT molecular complexity index is 1110. The molecule has 0 aromatic heterocycles. The minimum absolute atomic E-state index is 0.0244. The monoisotopic (exact) mass is 518 g/mol. The van der Waals surface area contributed by atoms with E-state index in [-0.39, 0.29) is 17.9 Å². The Hall–Kier alpha value is -3.25. The molecule has 3 rings (SSSR count). The molecule has 0 heterocycles. The third-order valence-electron chi connectivity index (χ3n) is 6.33. The van der Waals surface area contributed by atoms with Gasteiger partial charge in [-0.25, -0.2) is 0 Å². The van der Waals surface area contributed by atoms with E-state index in [0.717, 1.165) is 29.1 Å². The molecule has 0 saturated carbocycles. The summed E-state index contributed by atoms with van der Waals surface area (Å²) in [5.74, 6) is 2.13. The number of amides is 2. The first-order valence-electron chi connectivity index (χ1n) is 12.9. The molecule has 0 radical (unpaired) electrons.